The number of amides is 1. The minimum Gasteiger partial charge on any atom is -0.378 e. The van der Waals surface area contributed by atoms with Crippen molar-refractivity contribution in [3.63, 3.8) is 0 Å². The van der Waals surface area contributed by atoms with Crippen LogP contribution in [0.15, 0.2) is 71.5 Å². The number of rotatable bonds is 10. The number of benzene rings is 2. The molecule has 2 aromatic rings. The number of ether oxygens (including phenoxy) is 1. The Morgan fingerprint density at radius 3 is 2.34 bits per heavy atom. The van der Waals surface area contributed by atoms with E-state index in [9.17, 15) is 21.6 Å². The first-order chi connectivity index (χ1) is 18.1. The van der Waals surface area contributed by atoms with Gasteiger partial charge in [0.2, 0.25) is 26.0 Å². The molecule has 2 fully saturated rings. The molecule has 1 amide bonds. The Labute approximate surface area is 225 Å². The van der Waals surface area contributed by atoms with E-state index in [4.69, 9.17) is 4.74 Å². The summed E-state index contributed by atoms with van der Waals surface area (Å²) in [5.74, 6) is -0.455. The maximum atomic E-state index is 13.5. The molecule has 0 radical (unpaired) electrons. The minimum absolute atomic E-state index is 0.00108. The lowest BCUT2D eigenvalue weighted by Crippen LogP contribution is -2.43. The van der Waals surface area contributed by atoms with Crippen LogP contribution >= 0.6 is 0 Å². The largest absolute Gasteiger partial charge is 0.378 e. The van der Waals surface area contributed by atoms with Crippen molar-refractivity contribution in [2.45, 2.75) is 36.1 Å². The fourth-order valence-corrected chi connectivity index (χ4v) is 7.36. The standard InChI is InChI=1S/C27H35N3O6S2/c1-3-37(32,33)28(2)21-24-10-7-15-30(24)38(34,35)25-13-11-23(12-14-25)26(20-22-8-5-4-6-9-22)27(31)29-16-18-36-19-17-29/h3-6,8-9,11-14,24,26H,1,7,10,15-21H2,2H3/t24-,26?/m1/s1. The molecule has 4 rings (SSSR count). The van der Waals surface area contributed by atoms with E-state index in [1.165, 1.54) is 11.4 Å². The van der Waals surface area contributed by atoms with Crippen molar-refractivity contribution >= 4 is 26.0 Å². The van der Waals surface area contributed by atoms with Crippen molar-refractivity contribution < 1.29 is 26.4 Å². The normalized spacial score (nSPS) is 19.9. The van der Waals surface area contributed by atoms with Gasteiger partial charge in [0, 0.05) is 44.7 Å². The quantitative estimate of drug-likeness (QED) is 0.441. The van der Waals surface area contributed by atoms with Crippen molar-refractivity contribution in [2.24, 2.45) is 0 Å². The van der Waals surface area contributed by atoms with Gasteiger partial charge >= 0.3 is 0 Å². The van der Waals surface area contributed by atoms with Gasteiger partial charge in [-0.3, -0.25) is 4.79 Å². The summed E-state index contributed by atoms with van der Waals surface area (Å²) in [5, 5.41) is 0.865. The molecule has 38 heavy (non-hydrogen) atoms. The molecule has 2 aliphatic rings. The molecule has 0 aromatic heterocycles. The summed E-state index contributed by atoms with van der Waals surface area (Å²) in [5.41, 5.74) is 1.77. The van der Waals surface area contributed by atoms with Crippen molar-refractivity contribution in [3.05, 3.63) is 77.7 Å². The topological polar surface area (TPSA) is 104 Å². The molecule has 2 saturated heterocycles. The SMILES string of the molecule is C=CS(=O)(=O)N(C)C[C@H]1CCCN1S(=O)(=O)c1ccc(C(Cc2ccccc2)C(=O)N2CCOCC2)cc1. The van der Waals surface area contributed by atoms with E-state index in [1.807, 2.05) is 35.2 Å². The molecule has 206 valence electrons. The summed E-state index contributed by atoms with van der Waals surface area (Å²) in [6.45, 7) is 5.78. The molecule has 2 atom stereocenters. The van der Waals surface area contributed by atoms with Gasteiger partial charge in [-0.2, -0.15) is 8.61 Å². The zero-order chi connectivity index (χ0) is 27.3. The predicted octanol–water partition coefficient (Wildman–Crippen LogP) is 2.43. The number of likely N-dealkylation sites (N-methyl/N-ethyl adjacent to an activating group) is 1. The molecule has 0 spiro atoms. The van der Waals surface area contributed by atoms with E-state index in [0.29, 0.717) is 52.1 Å². The summed E-state index contributed by atoms with van der Waals surface area (Å²) in [4.78, 5) is 15.5. The molecule has 9 nitrogen and oxygen atoms in total. The number of carbonyl (C=O) groups excluding carboxylic acids is 1. The molecule has 0 bridgehead atoms. The average Bonchev–Trinajstić information content (AvgIpc) is 3.41. The van der Waals surface area contributed by atoms with Crippen LogP contribution in [0.5, 0.6) is 0 Å². The Morgan fingerprint density at radius 1 is 1.05 bits per heavy atom. The maximum absolute atomic E-state index is 13.5. The van der Waals surface area contributed by atoms with Crippen LogP contribution < -0.4 is 0 Å². The van der Waals surface area contributed by atoms with E-state index in [2.05, 4.69) is 6.58 Å². The zero-order valence-corrected chi connectivity index (χ0v) is 23.2. The Balaban J connectivity index is 1.57. The van der Waals surface area contributed by atoms with Crippen molar-refractivity contribution in [1.29, 1.82) is 0 Å². The third kappa shape index (κ3) is 6.35. The molecule has 2 heterocycles. The number of sulfonamides is 2. The van der Waals surface area contributed by atoms with E-state index in [1.54, 1.807) is 24.3 Å². The highest BCUT2D eigenvalue weighted by atomic mass is 32.2. The first kappa shape index (κ1) is 28.4. The highest BCUT2D eigenvalue weighted by Crippen LogP contribution is 2.30. The lowest BCUT2D eigenvalue weighted by Gasteiger charge is -2.31. The maximum Gasteiger partial charge on any atom is 0.243 e. The number of carbonyl (C=O) groups is 1. The fraction of sp³-hybridized carbons (Fsp3) is 0.444. The summed E-state index contributed by atoms with van der Waals surface area (Å²) in [6.07, 6.45) is 1.72. The Kier molecular flexibility index (Phi) is 9.04. The first-order valence-electron chi connectivity index (χ1n) is 12.7. The third-order valence-corrected chi connectivity index (χ3v) is 10.6. The van der Waals surface area contributed by atoms with E-state index < -0.39 is 32.0 Å². The Bertz CT molecular complexity index is 1320. The van der Waals surface area contributed by atoms with Gasteiger partial charge in [-0.1, -0.05) is 49.0 Å². The molecule has 1 unspecified atom stereocenters. The van der Waals surface area contributed by atoms with Gasteiger partial charge in [0.1, 0.15) is 0 Å². The lowest BCUT2D eigenvalue weighted by atomic mass is 9.90. The van der Waals surface area contributed by atoms with Crippen LogP contribution in [-0.4, -0.2) is 88.7 Å². The number of hydrogen-bond acceptors (Lipinski definition) is 6. The molecule has 2 aliphatic heterocycles. The minimum atomic E-state index is -3.85. The highest BCUT2D eigenvalue weighted by molar-refractivity contribution is 7.92. The fourth-order valence-electron chi connectivity index (χ4n) is 5.05. The van der Waals surface area contributed by atoms with Crippen molar-refractivity contribution in [1.82, 2.24) is 13.5 Å². The molecule has 0 aliphatic carbocycles. The molecular formula is C27H35N3O6S2. The summed E-state index contributed by atoms with van der Waals surface area (Å²) in [7, 11) is -6.08. The van der Waals surface area contributed by atoms with Crippen LogP contribution in [0.4, 0.5) is 0 Å². The third-order valence-electron chi connectivity index (χ3n) is 7.23. The second kappa shape index (κ2) is 12.1. The molecular weight excluding hydrogens is 526 g/mol. The Morgan fingerprint density at radius 2 is 1.71 bits per heavy atom. The molecule has 0 N–H and O–H groups in total. The molecule has 0 saturated carbocycles. The number of morpholine rings is 1. The predicted molar refractivity (Wildman–Crippen MR) is 145 cm³/mol. The van der Waals surface area contributed by atoms with Gasteiger partial charge < -0.3 is 9.64 Å². The van der Waals surface area contributed by atoms with E-state index in [0.717, 1.165) is 20.8 Å². The summed E-state index contributed by atoms with van der Waals surface area (Å²) in [6, 6.07) is 15.8. The van der Waals surface area contributed by atoms with Crippen LogP contribution in [0.3, 0.4) is 0 Å². The number of hydrogen-bond donors (Lipinski definition) is 0. The molecule has 2 aromatic carbocycles. The van der Waals surface area contributed by atoms with Gasteiger partial charge in [0.25, 0.3) is 0 Å². The van der Waals surface area contributed by atoms with Crippen molar-refractivity contribution in [2.75, 3.05) is 46.4 Å². The smallest absolute Gasteiger partial charge is 0.243 e. The summed E-state index contributed by atoms with van der Waals surface area (Å²) >= 11 is 0. The van der Waals surface area contributed by atoms with E-state index in [-0.39, 0.29) is 17.3 Å². The first-order valence-corrected chi connectivity index (χ1v) is 15.7. The van der Waals surface area contributed by atoms with Crippen LogP contribution in [0.2, 0.25) is 0 Å². The van der Waals surface area contributed by atoms with Gasteiger partial charge in [-0.15, -0.1) is 0 Å². The summed E-state index contributed by atoms with van der Waals surface area (Å²) < 4.78 is 59.3. The lowest BCUT2D eigenvalue weighted by molar-refractivity contribution is -0.136. The van der Waals surface area contributed by atoms with E-state index >= 15 is 0 Å². The van der Waals surface area contributed by atoms with Crippen LogP contribution in [-0.2, 0) is 36.0 Å². The van der Waals surface area contributed by atoms with Gasteiger partial charge in [0.15, 0.2) is 0 Å². The Hall–Kier alpha value is -2.57. The second-order valence-corrected chi connectivity index (χ2v) is 13.5. The van der Waals surface area contributed by atoms with Gasteiger partial charge in [0.05, 0.1) is 24.0 Å². The molecule has 11 heteroatoms. The van der Waals surface area contributed by atoms with Crippen LogP contribution in [0, 0.1) is 0 Å². The monoisotopic (exact) mass is 561 g/mol. The second-order valence-electron chi connectivity index (χ2n) is 9.65. The van der Waals surface area contributed by atoms with Gasteiger partial charge in [-0.05, 0) is 42.5 Å². The highest BCUT2D eigenvalue weighted by Gasteiger charge is 2.37. The zero-order valence-electron chi connectivity index (χ0n) is 21.6. The van der Waals surface area contributed by atoms with Crippen molar-refractivity contribution in [3.8, 4) is 0 Å². The average molecular weight is 562 g/mol. The van der Waals surface area contributed by atoms with Crippen LogP contribution in [0.25, 0.3) is 0 Å². The van der Waals surface area contributed by atoms with Crippen LogP contribution in [0.1, 0.15) is 29.9 Å². The van der Waals surface area contributed by atoms with Gasteiger partial charge in [-0.25, -0.2) is 16.8 Å². The number of nitrogens with zero attached hydrogens (tertiary/aromatic N) is 3.